The smallest absolute Gasteiger partial charge is 0.251 e. The SMILES string of the molecule is O=C(NCCN1CCCC1)c1cccc(I)c1. The van der Waals surface area contributed by atoms with Gasteiger partial charge in [0.2, 0.25) is 0 Å². The van der Waals surface area contributed by atoms with Crippen LogP contribution in [0.4, 0.5) is 0 Å². The Morgan fingerprint density at radius 2 is 2.12 bits per heavy atom. The summed E-state index contributed by atoms with van der Waals surface area (Å²) in [5.41, 5.74) is 0.748. The van der Waals surface area contributed by atoms with Gasteiger partial charge in [0.25, 0.3) is 5.91 Å². The summed E-state index contributed by atoms with van der Waals surface area (Å²) >= 11 is 2.22. The Labute approximate surface area is 116 Å². The number of nitrogens with zero attached hydrogens (tertiary/aromatic N) is 1. The molecule has 1 aliphatic heterocycles. The minimum atomic E-state index is 0.0303. The predicted octanol–water partition coefficient (Wildman–Crippen LogP) is 2.12. The number of hydrogen-bond acceptors (Lipinski definition) is 2. The van der Waals surface area contributed by atoms with Crippen molar-refractivity contribution in [2.45, 2.75) is 12.8 Å². The van der Waals surface area contributed by atoms with E-state index in [1.807, 2.05) is 24.3 Å². The first-order valence-electron chi connectivity index (χ1n) is 6.02. The van der Waals surface area contributed by atoms with E-state index >= 15 is 0 Å². The highest BCUT2D eigenvalue weighted by atomic mass is 127. The van der Waals surface area contributed by atoms with Crippen LogP contribution in [0.25, 0.3) is 0 Å². The van der Waals surface area contributed by atoms with E-state index in [4.69, 9.17) is 0 Å². The molecule has 1 heterocycles. The monoisotopic (exact) mass is 344 g/mol. The molecule has 1 saturated heterocycles. The molecule has 0 spiro atoms. The van der Waals surface area contributed by atoms with Gasteiger partial charge in [0.05, 0.1) is 0 Å². The van der Waals surface area contributed by atoms with Crippen LogP contribution in [-0.4, -0.2) is 37.0 Å². The number of amides is 1. The van der Waals surface area contributed by atoms with Gasteiger partial charge in [0.15, 0.2) is 0 Å². The molecule has 2 rings (SSSR count). The van der Waals surface area contributed by atoms with Gasteiger partial charge in [0.1, 0.15) is 0 Å². The van der Waals surface area contributed by atoms with E-state index in [2.05, 4.69) is 32.8 Å². The van der Waals surface area contributed by atoms with Crippen molar-refractivity contribution >= 4 is 28.5 Å². The molecule has 17 heavy (non-hydrogen) atoms. The highest BCUT2D eigenvalue weighted by Crippen LogP contribution is 2.08. The second-order valence-electron chi connectivity index (χ2n) is 4.31. The lowest BCUT2D eigenvalue weighted by Gasteiger charge is -2.14. The second kappa shape index (κ2) is 6.35. The molecule has 0 aliphatic carbocycles. The molecule has 4 heteroatoms. The predicted molar refractivity (Wildman–Crippen MR) is 77.2 cm³/mol. The van der Waals surface area contributed by atoms with Crippen LogP contribution in [0.2, 0.25) is 0 Å². The van der Waals surface area contributed by atoms with Gasteiger partial charge >= 0.3 is 0 Å². The second-order valence-corrected chi connectivity index (χ2v) is 5.56. The van der Waals surface area contributed by atoms with Gasteiger partial charge in [-0.2, -0.15) is 0 Å². The van der Waals surface area contributed by atoms with Crippen molar-refractivity contribution < 1.29 is 4.79 Å². The Bertz CT molecular complexity index is 389. The summed E-state index contributed by atoms with van der Waals surface area (Å²) in [6.07, 6.45) is 2.59. The fraction of sp³-hybridized carbons (Fsp3) is 0.462. The number of carbonyl (C=O) groups excluding carboxylic acids is 1. The van der Waals surface area contributed by atoms with Gasteiger partial charge in [-0.3, -0.25) is 4.79 Å². The summed E-state index contributed by atoms with van der Waals surface area (Å²) in [6.45, 7) is 4.07. The first kappa shape index (κ1) is 12.8. The van der Waals surface area contributed by atoms with Crippen molar-refractivity contribution in [3.05, 3.63) is 33.4 Å². The third-order valence-corrected chi connectivity index (χ3v) is 3.67. The minimum Gasteiger partial charge on any atom is -0.351 e. The molecule has 0 saturated carbocycles. The maximum Gasteiger partial charge on any atom is 0.251 e. The molecule has 1 fully saturated rings. The number of hydrogen-bond donors (Lipinski definition) is 1. The molecule has 0 bridgehead atoms. The molecule has 1 amide bonds. The summed E-state index contributed by atoms with van der Waals surface area (Å²) in [5.74, 6) is 0.0303. The molecule has 0 radical (unpaired) electrons. The molecular weight excluding hydrogens is 327 g/mol. The number of nitrogens with one attached hydrogen (secondary N) is 1. The molecule has 0 aromatic heterocycles. The van der Waals surface area contributed by atoms with Crippen molar-refractivity contribution in [1.82, 2.24) is 10.2 Å². The number of halogens is 1. The third-order valence-electron chi connectivity index (χ3n) is 3.00. The Balaban J connectivity index is 1.77. The lowest BCUT2D eigenvalue weighted by Crippen LogP contribution is -2.33. The number of rotatable bonds is 4. The fourth-order valence-electron chi connectivity index (χ4n) is 2.07. The molecule has 92 valence electrons. The van der Waals surface area contributed by atoms with E-state index < -0.39 is 0 Å². The third kappa shape index (κ3) is 3.96. The van der Waals surface area contributed by atoms with Crippen molar-refractivity contribution in [2.24, 2.45) is 0 Å². The van der Waals surface area contributed by atoms with Gasteiger partial charge in [-0.15, -0.1) is 0 Å². The van der Waals surface area contributed by atoms with Crippen molar-refractivity contribution in [2.75, 3.05) is 26.2 Å². The van der Waals surface area contributed by atoms with Crippen molar-refractivity contribution in [3.8, 4) is 0 Å². The highest BCUT2D eigenvalue weighted by molar-refractivity contribution is 14.1. The quantitative estimate of drug-likeness (QED) is 0.849. The van der Waals surface area contributed by atoms with Crippen LogP contribution in [0.5, 0.6) is 0 Å². The molecule has 3 nitrogen and oxygen atoms in total. The lowest BCUT2D eigenvalue weighted by atomic mass is 10.2. The molecule has 1 N–H and O–H groups in total. The zero-order chi connectivity index (χ0) is 12.1. The van der Waals surface area contributed by atoms with Crippen molar-refractivity contribution in [1.29, 1.82) is 0 Å². The maximum atomic E-state index is 11.8. The van der Waals surface area contributed by atoms with Crippen molar-refractivity contribution in [3.63, 3.8) is 0 Å². The maximum absolute atomic E-state index is 11.8. The minimum absolute atomic E-state index is 0.0303. The molecule has 1 aliphatic rings. The van der Waals surface area contributed by atoms with Gasteiger partial charge in [-0.05, 0) is 66.7 Å². The highest BCUT2D eigenvalue weighted by Gasteiger charge is 2.11. The van der Waals surface area contributed by atoms with Gasteiger partial charge in [-0.1, -0.05) is 6.07 Å². The fourth-order valence-corrected chi connectivity index (χ4v) is 2.61. The van der Waals surface area contributed by atoms with Crippen LogP contribution < -0.4 is 5.32 Å². The topological polar surface area (TPSA) is 32.3 Å². The van der Waals surface area contributed by atoms with E-state index in [0.29, 0.717) is 0 Å². The first-order chi connectivity index (χ1) is 8.25. The summed E-state index contributed by atoms with van der Waals surface area (Å²) in [7, 11) is 0. The largest absolute Gasteiger partial charge is 0.351 e. The van der Waals surface area contributed by atoms with Gasteiger partial charge in [0, 0.05) is 22.2 Å². The van der Waals surface area contributed by atoms with Crippen LogP contribution in [-0.2, 0) is 0 Å². The Kier molecular flexibility index (Phi) is 4.79. The zero-order valence-corrected chi connectivity index (χ0v) is 11.9. The summed E-state index contributed by atoms with van der Waals surface area (Å²) < 4.78 is 1.09. The molecule has 1 aromatic rings. The summed E-state index contributed by atoms with van der Waals surface area (Å²) in [6, 6.07) is 7.66. The van der Waals surface area contributed by atoms with Crippen LogP contribution in [0.15, 0.2) is 24.3 Å². The number of carbonyl (C=O) groups is 1. The van der Waals surface area contributed by atoms with Gasteiger partial charge in [-0.25, -0.2) is 0 Å². The normalized spacial score (nSPS) is 16.1. The van der Waals surface area contributed by atoms with Crippen LogP contribution in [0.1, 0.15) is 23.2 Å². The average molecular weight is 344 g/mol. The van der Waals surface area contributed by atoms with E-state index in [9.17, 15) is 4.79 Å². The molecular formula is C13H17IN2O. The number of benzene rings is 1. The molecule has 0 atom stereocenters. The summed E-state index contributed by atoms with van der Waals surface area (Å²) in [4.78, 5) is 14.2. The standard InChI is InChI=1S/C13H17IN2O/c14-12-5-3-4-11(10-12)13(17)15-6-9-16-7-1-2-8-16/h3-5,10H,1-2,6-9H2,(H,15,17). The van der Waals surface area contributed by atoms with E-state index in [-0.39, 0.29) is 5.91 Å². The van der Waals surface area contributed by atoms with Crippen LogP contribution in [0.3, 0.4) is 0 Å². The van der Waals surface area contributed by atoms with Crippen LogP contribution >= 0.6 is 22.6 Å². The Morgan fingerprint density at radius 3 is 2.82 bits per heavy atom. The Morgan fingerprint density at radius 1 is 1.35 bits per heavy atom. The van der Waals surface area contributed by atoms with E-state index in [0.717, 1.165) is 22.2 Å². The molecule has 0 unspecified atom stereocenters. The van der Waals surface area contributed by atoms with E-state index in [1.54, 1.807) is 0 Å². The number of likely N-dealkylation sites (tertiary alicyclic amines) is 1. The lowest BCUT2D eigenvalue weighted by molar-refractivity contribution is 0.0949. The van der Waals surface area contributed by atoms with E-state index in [1.165, 1.54) is 25.9 Å². The van der Waals surface area contributed by atoms with Crippen LogP contribution in [0, 0.1) is 3.57 Å². The Hall–Kier alpha value is -0.620. The van der Waals surface area contributed by atoms with Gasteiger partial charge < -0.3 is 10.2 Å². The summed E-state index contributed by atoms with van der Waals surface area (Å²) in [5, 5.41) is 2.97. The average Bonchev–Trinajstić information content (AvgIpc) is 2.82. The first-order valence-corrected chi connectivity index (χ1v) is 7.10. The zero-order valence-electron chi connectivity index (χ0n) is 9.79. The molecule has 1 aromatic carbocycles.